The molecule has 1 aliphatic rings. The average Bonchev–Trinajstić information content (AvgIpc) is 2.54. The Morgan fingerprint density at radius 2 is 1.78 bits per heavy atom. The van der Waals surface area contributed by atoms with Gasteiger partial charge in [-0.2, -0.15) is 0 Å². The number of ether oxygens (including phenoxy) is 1. The van der Waals surface area contributed by atoms with Crippen molar-refractivity contribution in [2.75, 3.05) is 0 Å². The lowest BCUT2D eigenvalue weighted by Crippen LogP contribution is -2.27. The summed E-state index contributed by atoms with van der Waals surface area (Å²) in [7, 11) is 0. The molecule has 0 saturated carbocycles. The lowest BCUT2D eigenvalue weighted by atomic mass is 9.97. The topological polar surface area (TPSA) is 46.5 Å². The molecule has 2 atom stereocenters. The van der Waals surface area contributed by atoms with E-state index in [1.807, 2.05) is 12.2 Å². The first-order chi connectivity index (χ1) is 11.2. The van der Waals surface area contributed by atoms with Crippen molar-refractivity contribution in [3.63, 3.8) is 0 Å². The molecule has 0 bridgehead atoms. The van der Waals surface area contributed by atoms with Crippen LogP contribution in [0, 0.1) is 0 Å². The van der Waals surface area contributed by atoms with Crippen molar-refractivity contribution in [3.05, 3.63) is 36.5 Å². The number of hydrogen-bond acceptors (Lipinski definition) is 2. The van der Waals surface area contributed by atoms with Gasteiger partial charge in [0, 0.05) is 6.08 Å². The Bertz CT molecular complexity index is 396. The third-order valence-corrected chi connectivity index (χ3v) is 4.18. The van der Waals surface area contributed by atoms with Crippen molar-refractivity contribution in [3.8, 4) is 0 Å². The van der Waals surface area contributed by atoms with E-state index in [2.05, 4.69) is 13.0 Å². The van der Waals surface area contributed by atoms with E-state index in [0.717, 1.165) is 18.9 Å². The summed E-state index contributed by atoms with van der Waals surface area (Å²) < 4.78 is 6.21. The van der Waals surface area contributed by atoms with Gasteiger partial charge in [-0.15, -0.1) is 0 Å². The number of unbranched alkanes of at least 4 members (excludes halogenated alkanes) is 3. The Kier molecular flexibility index (Phi) is 11.2. The number of carbonyl (C=O) groups is 1. The number of allylic oxidation sites excluding steroid dienone is 5. The first-order valence-corrected chi connectivity index (χ1v) is 9.10. The minimum atomic E-state index is -0.919. The summed E-state index contributed by atoms with van der Waals surface area (Å²) >= 11 is 0. The highest BCUT2D eigenvalue weighted by Crippen LogP contribution is 2.25. The van der Waals surface area contributed by atoms with Crippen LogP contribution >= 0.6 is 0 Å². The molecule has 1 aliphatic heterocycles. The van der Waals surface area contributed by atoms with Crippen LogP contribution in [0.1, 0.15) is 71.1 Å². The van der Waals surface area contributed by atoms with E-state index in [0.29, 0.717) is 12.2 Å². The van der Waals surface area contributed by atoms with E-state index in [1.165, 1.54) is 57.4 Å². The normalized spacial score (nSPS) is 22.5. The molecule has 3 heteroatoms. The molecule has 23 heavy (non-hydrogen) atoms. The Morgan fingerprint density at radius 1 is 1.04 bits per heavy atom. The highest BCUT2D eigenvalue weighted by atomic mass is 16.5. The summed E-state index contributed by atoms with van der Waals surface area (Å²) in [4.78, 5) is 10.3. The molecular formula is C20H32O3. The molecule has 1 heterocycles. The summed E-state index contributed by atoms with van der Waals surface area (Å²) in [6, 6.07) is 0. The number of hydrogen-bond donors (Lipinski definition) is 1. The van der Waals surface area contributed by atoms with Gasteiger partial charge in [0.1, 0.15) is 0 Å². The summed E-state index contributed by atoms with van der Waals surface area (Å²) in [5, 5.41) is 8.45. The van der Waals surface area contributed by atoms with Gasteiger partial charge >= 0.3 is 5.97 Å². The van der Waals surface area contributed by atoms with Crippen molar-refractivity contribution in [2.45, 2.75) is 83.3 Å². The summed E-state index contributed by atoms with van der Waals surface area (Å²) in [6.45, 7) is 2.25. The molecule has 0 aromatic heterocycles. The smallest absolute Gasteiger partial charge is 0.328 e. The number of rotatable bonds is 11. The molecule has 0 spiro atoms. The Hall–Kier alpha value is -1.35. The molecule has 0 aliphatic carbocycles. The number of carboxylic acids is 1. The Balaban J connectivity index is 2.13. The van der Waals surface area contributed by atoms with Gasteiger partial charge in [-0.25, -0.2) is 4.79 Å². The van der Waals surface area contributed by atoms with Crippen molar-refractivity contribution < 1.29 is 14.6 Å². The third kappa shape index (κ3) is 10.9. The highest BCUT2D eigenvalue weighted by Gasteiger charge is 2.21. The Morgan fingerprint density at radius 3 is 2.52 bits per heavy atom. The van der Waals surface area contributed by atoms with Crippen LogP contribution < -0.4 is 0 Å². The molecule has 3 nitrogen and oxygen atoms in total. The number of aliphatic carboxylic acids is 1. The molecule has 0 radical (unpaired) electrons. The van der Waals surface area contributed by atoms with E-state index >= 15 is 0 Å². The van der Waals surface area contributed by atoms with Gasteiger partial charge in [0.15, 0.2) is 0 Å². The van der Waals surface area contributed by atoms with E-state index in [1.54, 1.807) is 6.08 Å². The molecule has 1 rings (SSSR count). The predicted molar refractivity (Wildman–Crippen MR) is 95.6 cm³/mol. The van der Waals surface area contributed by atoms with Crippen LogP contribution in [0.3, 0.4) is 0 Å². The largest absolute Gasteiger partial charge is 0.478 e. The van der Waals surface area contributed by atoms with Gasteiger partial charge in [-0.1, -0.05) is 63.0 Å². The zero-order valence-electron chi connectivity index (χ0n) is 14.5. The minimum absolute atomic E-state index is 0.417. The maximum atomic E-state index is 10.3. The van der Waals surface area contributed by atoms with Crippen LogP contribution in [0.15, 0.2) is 36.5 Å². The van der Waals surface area contributed by atoms with Crippen molar-refractivity contribution in [1.82, 2.24) is 0 Å². The molecule has 2 unspecified atom stereocenters. The molecule has 1 saturated heterocycles. The SMILES string of the molecule is CCCCCCC1CCCC(CC/C=C/C=C/C=C/C(=O)O)O1. The molecular weight excluding hydrogens is 288 g/mol. The average molecular weight is 320 g/mol. The molecule has 1 N–H and O–H groups in total. The van der Waals surface area contributed by atoms with Crippen LogP contribution in [0.4, 0.5) is 0 Å². The highest BCUT2D eigenvalue weighted by molar-refractivity contribution is 5.80. The fraction of sp³-hybridized carbons (Fsp3) is 0.650. The lowest BCUT2D eigenvalue weighted by Gasteiger charge is -2.30. The molecule has 0 aromatic carbocycles. The first-order valence-electron chi connectivity index (χ1n) is 9.10. The first kappa shape index (κ1) is 19.7. The second-order valence-corrected chi connectivity index (χ2v) is 6.25. The zero-order chi connectivity index (χ0) is 16.8. The summed E-state index contributed by atoms with van der Waals surface area (Å²) in [5.74, 6) is -0.919. The van der Waals surface area contributed by atoms with Crippen LogP contribution in [0.25, 0.3) is 0 Å². The number of carboxylic acid groups (broad SMARTS) is 1. The lowest BCUT2D eigenvalue weighted by molar-refractivity contribution is -0.131. The van der Waals surface area contributed by atoms with Crippen molar-refractivity contribution in [2.24, 2.45) is 0 Å². The molecule has 130 valence electrons. The van der Waals surface area contributed by atoms with Crippen LogP contribution in [-0.4, -0.2) is 23.3 Å². The van der Waals surface area contributed by atoms with E-state index in [-0.39, 0.29) is 0 Å². The van der Waals surface area contributed by atoms with E-state index in [4.69, 9.17) is 9.84 Å². The summed E-state index contributed by atoms with van der Waals surface area (Å²) in [6.07, 6.45) is 23.6. The molecule has 0 amide bonds. The van der Waals surface area contributed by atoms with Gasteiger partial charge in [0.25, 0.3) is 0 Å². The van der Waals surface area contributed by atoms with Crippen LogP contribution in [0.2, 0.25) is 0 Å². The fourth-order valence-electron chi connectivity index (χ4n) is 2.93. The monoisotopic (exact) mass is 320 g/mol. The van der Waals surface area contributed by atoms with Gasteiger partial charge in [-0.3, -0.25) is 0 Å². The zero-order valence-corrected chi connectivity index (χ0v) is 14.5. The van der Waals surface area contributed by atoms with Gasteiger partial charge in [-0.05, 0) is 38.5 Å². The second-order valence-electron chi connectivity index (χ2n) is 6.25. The third-order valence-electron chi connectivity index (χ3n) is 4.18. The van der Waals surface area contributed by atoms with Crippen LogP contribution in [0.5, 0.6) is 0 Å². The van der Waals surface area contributed by atoms with Crippen LogP contribution in [-0.2, 0) is 9.53 Å². The maximum Gasteiger partial charge on any atom is 0.328 e. The van der Waals surface area contributed by atoms with Gasteiger partial charge in [0.2, 0.25) is 0 Å². The maximum absolute atomic E-state index is 10.3. The minimum Gasteiger partial charge on any atom is -0.478 e. The quantitative estimate of drug-likeness (QED) is 0.314. The van der Waals surface area contributed by atoms with Gasteiger partial charge < -0.3 is 9.84 Å². The standard InChI is InChI=1S/C20H32O3/c1-2-3-4-9-13-18-15-12-16-19(23-18)14-10-7-5-6-8-11-17-20(21)22/h5-8,11,17-19H,2-4,9-10,12-16H2,1H3,(H,21,22)/b7-5+,8-6+,17-11+. The second kappa shape index (κ2) is 13.1. The van der Waals surface area contributed by atoms with Gasteiger partial charge in [0.05, 0.1) is 12.2 Å². The molecule has 1 fully saturated rings. The van der Waals surface area contributed by atoms with Crippen molar-refractivity contribution in [1.29, 1.82) is 0 Å². The van der Waals surface area contributed by atoms with Crippen molar-refractivity contribution >= 4 is 5.97 Å². The summed E-state index contributed by atoms with van der Waals surface area (Å²) in [5.41, 5.74) is 0. The predicted octanol–water partition coefficient (Wildman–Crippen LogP) is 5.43. The van der Waals surface area contributed by atoms with E-state index < -0.39 is 5.97 Å². The molecule has 0 aromatic rings. The van der Waals surface area contributed by atoms with E-state index in [9.17, 15) is 4.79 Å². The Labute approximate surface area is 141 Å². The fourth-order valence-corrected chi connectivity index (χ4v) is 2.93.